The zero-order valence-corrected chi connectivity index (χ0v) is 16.9. The van der Waals surface area contributed by atoms with Crippen LogP contribution < -0.4 is 26.8 Å². The maximum Gasteiger partial charge on any atom is 0.416 e. The average Bonchev–Trinajstić information content (AvgIpc) is 2.70. The van der Waals surface area contributed by atoms with E-state index in [1.165, 1.54) is 6.07 Å². The van der Waals surface area contributed by atoms with Gasteiger partial charge in [-0.1, -0.05) is 6.07 Å². The number of amides is 2. The number of carbonyl (C=O) groups is 2. The van der Waals surface area contributed by atoms with E-state index in [9.17, 15) is 28.0 Å². The summed E-state index contributed by atoms with van der Waals surface area (Å²) < 4.78 is 44.1. The van der Waals surface area contributed by atoms with Crippen molar-refractivity contribution in [1.29, 1.82) is 5.26 Å². The number of nitrogen functional groups attached to an aromatic ring is 1. The number of carbonyl (C=O) groups excluding carboxylic acids is 2. The average molecular weight is 451 g/mol. The van der Waals surface area contributed by atoms with Crippen molar-refractivity contribution in [3.63, 3.8) is 0 Å². The lowest BCUT2D eigenvalue weighted by atomic mass is 10.1. The van der Waals surface area contributed by atoms with Crippen LogP contribution in [0.1, 0.15) is 30.9 Å². The molecule has 0 saturated carbocycles. The zero-order chi connectivity index (χ0) is 23.9. The molecule has 10 nitrogen and oxygen atoms in total. The van der Waals surface area contributed by atoms with Gasteiger partial charge in [-0.25, -0.2) is 0 Å². The summed E-state index contributed by atoms with van der Waals surface area (Å²) in [5.74, 6) is -2.00. The fraction of sp³-hybridized carbons (Fsp3) is 0.316. The van der Waals surface area contributed by atoms with E-state index in [1.54, 1.807) is 6.92 Å². The van der Waals surface area contributed by atoms with Gasteiger partial charge in [-0.05, 0) is 31.5 Å². The Hall–Kier alpha value is -4.08. The lowest BCUT2D eigenvalue weighted by molar-refractivity contribution is -0.137. The molecule has 13 heteroatoms. The summed E-state index contributed by atoms with van der Waals surface area (Å²) in [5, 5.41) is 14.5. The Kier molecular flexibility index (Phi) is 7.78. The van der Waals surface area contributed by atoms with Crippen LogP contribution in [0.3, 0.4) is 0 Å². The molecule has 0 fully saturated rings. The third kappa shape index (κ3) is 6.46. The molecule has 1 unspecified atom stereocenters. The van der Waals surface area contributed by atoms with Gasteiger partial charge in [0.1, 0.15) is 12.1 Å². The van der Waals surface area contributed by atoms with E-state index >= 15 is 0 Å². The van der Waals surface area contributed by atoms with Gasteiger partial charge in [0.15, 0.2) is 11.4 Å². The highest BCUT2D eigenvalue weighted by atomic mass is 19.4. The first kappa shape index (κ1) is 24.2. The Morgan fingerprint density at radius 2 is 2.03 bits per heavy atom. The number of primary amides is 1. The highest BCUT2D eigenvalue weighted by molar-refractivity contribution is 5.97. The largest absolute Gasteiger partial charge is 0.477 e. The van der Waals surface area contributed by atoms with E-state index in [-0.39, 0.29) is 48.3 Å². The minimum absolute atomic E-state index is 0.114. The van der Waals surface area contributed by atoms with Gasteiger partial charge < -0.3 is 26.8 Å². The Labute approximate surface area is 180 Å². The highest BCUT2D eigenvalue weighted by Gasteiger charge is 2.31. The standard InChI is InChI=1S/C19H20F3N7O3/c1-2-32-17-12(9-23)15(28-18(25)29-17)27-13(6-7-14(24)30)16(31)26-11-5-3-4-10(8-11)19(20,21)22/h3-5,8,13H,2,6-7H2,1H3,(H2,24,30)(H,26,31)(H3,25,27,28,29). The minimum atomic E-state index is -4.60. The molecule has 6 N–H and O–H groups in total. The van der Waals surface area contributed by atoms with Gasteiger partial charge in [-0.3, -0.25) is 9.59 Å². The van der Waals surface area contributed by atoms with Gasteiger partial charge in [-0.15, -0.1) is 0 Å². The number of nitrogens with zero attached hydrogens (tertiary/aromatic N) is 3. The lowest BCUT2D eigenvalue weighted by Crippen LogP contribution is -2.36. The van der Waals surface area contributed by atoms with Crippen molar-refractivity contribution < 1.29 is 27.5 Å². The quantitative estimate of drug-likeness (QED) is 0.449. The molecule has 2 amide bonds. The SMILES string of the molecule is CCOc1nc(N)nc(NC(CCC(N)=O)C(=O)Nc2cccc(C(F)(F)F)c2)c1C#N. The van der Waals surface area contributed by atoms with Gasteiger partial charge in [0.05, 0.1) is 12.2 Å². The molecule has 0 aliphatic carbocycles. The molecule has 0 spiro atoms. The van der Waals surface area contributed by atoms with Gasteiger partial charge in [0.2, 0.25) is 23.6 Å². The van der Waals surface area contributed by atoms with E-state index in [4.69, 9.17) is 16.2 Å². The molecule has 2 aromatic rings. The maximum absolute atomic E-state index is 12.9. The first-order valence-electron chi connectivity index (χ1n) is 9.28. The van der Waals surface area contributed by atoms with Crippen molar-refractivity contribution in [3.8, 4) is 11.9 Å². The molecule has 0 radical (unpaired) electrons. The summed E-state index contributed by atoms with van der Waals surface area (Å²) in [4.78, 5) is 31.7. The summed E-state index contributed by atoms with van der Waals surface area (Å²) in [5.41, 5.74) is 9.58. The van der Waals surface area contributed by atoms with E-state index in [0.29, 0.717) is 0 Å². The number of halogens is 3. The first-order valence-corrected chi connectivity index (χ1v) is 9.28. The number of hydrogen-bond acceptors (Lipinski definition) is 8. The highest BCUT2D eigenvalue weighted by Crippen LogP contribution is 2.31. The molecule has 0 aliphatic heterocycles. The van der Waals surface area contributed by atoms with Crippen molar-refractivity contribution in [2.24, 2.45) is 5.73 Å². The predicted octanol–water partition coefficient (Wildman–Crippen LogP) is 2.03. The molecule has 0 aliphatic rings. The fourth-order valence-corrected chi connectivity index (χ4v) is 2.63. The predicted molar refractivity (Wildman–Crippen MR) is 108 cm³/mol. The van der Waals surface area contributed by atoms with Crippen LogP contribution in [0.2, 0.25) is 0 Å². The van der Waals surface area contributed by atoms with Crippen LogP contribution in [0.15, 0.2) is 24.3 Å². The molecule has 170 valence electrons. The van der Waals surface area contributed by atoms with Crippen molar-refractivity contribution in [3.05, 3.63) is 35.4 Å². The number of benzene rings is 1. The van der Waals surface area contributed by atoms with Crippen molar-refractivity contribution in [1.82, 2.24) is 9.97 Å². The van der Waals surface area contributed by atoms with Gasteiger partial charge in [-0.2, -0.15) is 28.4 Å². The number of nitriles is 1. The summed E-state index contributed by atoms with van der Waals surface area (Å²) >= 11 is 0. The molecule has 1 atom stereocenters. The fourth-order valence-electron chi connectivity index (χ4n) is 2.63. The smallest absolute Gasteiger partial charge is 0.416 e. The number of nitrogens with two attached hydrogens (primary N) is 2. The number of ether oxygens (including phenoxy) is 1. The van der Waals surface area contributed by atoms with Crippen LogP contribution in [0.25, 0.3) is 0 Å². The van der Waals surface area contributed by atoms with Gasteiger partial charge >= 0.3 is 6.18 Å². The molecular weight excluding hydrogens is 431 g/mol. The van der Waals surface area contributed by atoms with Crippen LogP contribution in [-0.4, -0.2) is 34.4 Å². The molecule has 0 saturated heterocycles. The Morgan fingerprint density at radius 3 is 2.62 bits per heavy atom. The van der Waals surface area contributed by atoms with Crippen LogP contribution in [0.4, 0.5) is 30.6 Å². The number of rotatable bonds is 9. The number of nitrogens with one attached hydrogen (secondary N) is 2. The lowest BCUT2D eigenvalue weighted by Gasteiger charge is -2.20. The van der Waals surface area contributed by atoms with Crippen molar-refractivity contribution in [2.75, 3.05) is 23.0 Å². The van der Waals surface area contributed by atoms with Crippen LogP contribution in [-0.2, 0) is 15.8 Å². The van der Waals surface area contributed by atoms with Crippen molar-refractivity contribution >= 4 is 29.3 Å². The van der Waals surface area contributed by atoms with Crippen LogP contribution >= 0.6 is 0 Å². The third-order valence-corrected chi connectivity index (χ3v) is 4.05. The monoisotopic (exact) mass is 451 g/mol. The number of aromatic nitrogens is 2. The second-order valence-electron chi connectivity index (χ2n) is 6.43. The zero-order valence-electron chi connectivity index (χ0n) is 16.9. The second kappa shape index (κ2) is 10.3. The molecular formula is C19H20F3N7O3. The Balaban J connectivity index is 2.34. The second-order valence-corrected chi connectivity index (χ2v) is 6.43. The topological polar surface area (TPSA) is 169 Å². The van der Waals surface area contributed by atoms with E-state index in [0.717, 1.165) is 18.2 Å². The molecule has 0 bridgehead atoms. The minimum Gasteiger partial charge on any atom is -0.477 e. The molecule has 1 aromatic heterocycles. The summed E-state index contributed by atoms with van der Waals surface area (Å²) in [6, 6.07) is 4.67. The van der Waals surface area contributed by atoms with E-state index in [1.807, 2.05) is 6.07 Å². The molecule has 1 heterocycles. The normalized spacial score (nSPS) is 11.8. The summed E-state index contributed by atoms with van der Waals surface area (Å²) in [6.07, 6.45) is -4.96. The van der Waals surface area contributed by atoms with Gasteiger partial charge in [0, 0.05) is 12.1 Å². The third-order valence-electron chi connectivity index (χ3n) is 4.05. The number of hydrogen-bond donors (Lipinski definition) is 4. The van der Waals surface area contributed by atoms with Gasteiger partial charge in [0.25, 0.3) is 0 Å². The van der Waals surface area contributed by atoms with E-state index < -0.39 is 29.6 Å². The Morgan fingerprint density at radius 1 is 1.31 bits per heavy atom. The maximum atomic E-state index is 12.9. The molecule has 32 heavy (non-hydrogen) atoms. The van der Waals surface area contributed by atoms with E-state index in [2.05, 4.69) is 20.6 Å². The summed E-state index contributed by atoms with van der Waals surface area (Å²) in [6.45, 7) is 1.83. The van der Waals surface area contributed by atoms with Crippen LogP contribution in [0, 0.1) is 11.3 Å². The number of anilines is 3. The molecule has 1 aromatic carbocycles. The van der Waals surface area contributed by atoms with Crippen molar-refractivity contribution in [2.45, 2.75) is 32.0 Å². The number of alkyl halides is 3. The molecule has 2 rings (SSSR count). The summed E-state index contributed by atoms with van der Waals surface area (Å²) in [7, 11) is 0. The Bertz CT molecular complexity index is 1040. The first-order chi connectivity index (χ1) is 15.0. The van der Waals surface area contributed by atoms with Crippen LogP contribution in [0.5, 0.6) is 5.88 Å².